The van der Waals surface area contributed by atoms with Crippen LogP contribution in [0.5, 0.6) is 0 Å². The van der Waals surface area contributed by atoms with Gasteiger partial charge >= 0.3 is 0 Å². The average Bonchev–Trinajstić information content (AvgIpc) is 2.42. The number of allylic oxidation sites excluding steroid dienone is 2. The number of rotatable bonds is 0. The van der Waals surface area contributed by atoms with E-state index in [4.69, 9.17) is 0 Å². The molecule has 0 bridgehead atoms. The highest BCUT2D eigenvalue weighted by atomic mass is 32.1. The van der Waals surface area contributed by atoms with Crippen molar-refractivity contribution in [1.82, 2.24) is 4.98 Å². The Balaban J connectivity index is 2.46. The Morgan fingerprint density at radius 2 is 2.36 bits per heavy atom. The highest BCUT2D eigenvalue weighted by Crippen LogP contribution is 2.37. The minimum atomic E-state index is 0.990. The molecule has 0 aromatic carbocycles. The molecule has 0 saturated heterocycles. The van der Waals surface area contributed by atoms with Gasteiger partial charge in [-0.15, -0.1) is 0 Å². The Labute approximate surface area is 84.9 Å². The molecule has 2 aromatic heterocycles. The molecule has 0 aliphatic carbocycles. The molecule has 2 nitrogen and oxygen atoms in total. The van der Waals surface area contributed by atoms with E-state index >= 15 is 0 Å². The van der Waals surface area contributed by atoms with Crippen LogP contribution in [0.2, 0.25) is 0 Å². The number of pyridine rings is 1. The van der Waals surface area contributed by atoms with E-state index in [2.05, 4.69) is 28.0 Å². The predicted molar refractivity (Wildman–Crippen MR) is 60.3 cm³/mol. The summed E-state index contributed by atoms with van der Waals surface area (Å²) in [5.41, 5.74) is 1.15. The lowest BCUT2D eigenvalue weighted by Gasteiger charge is -1.89. The molecule has 14 heavy (non-hydrogen) atoms. The van der Waals surface area contributed by atoms with E-state index in [9.17, 15) is 0 Å². The van der Waals surface area contributed by atoms with Crippen LogP contribution in [0.3, 0.4) is 0 Å². The molecule has 0 atom stereocenters. The van der Waals surface area contributed by atoms with Crippen molar-refractivity contribution in [2.24, 2.45) is 4.99 Å². The lowest BCUT2D eigenvalue weighted by Crippen LogP contribution is -1.70. The normalized spacial score (nSPS) is 13.1. The van der Waals surface area contributed by atoms with E-state index in [0.717, 1.165) is 15.4 Å². The third-order valence-electron chi connectivity index (χ3n) is 2.08. The Kier molecular flexibility index (Phi) is 1.60. The van der Waals surface area contributed by atoms with Gasteiger partial charge in [-0.1, -0.05) is 23.5 Å². The number of hydrogen-bond acceptors (Lipinski definition) is 3. The second-order valence-electron chi connectivity index (χ2n) is 2.94. The fourth-order valence-electron chi connectivity index (χ4n) is 1.47. The maximum absolute atomic E-state index is 4.30. The van der Waals surface area contributed by atoms with Gasteiger partial charge in [-0.2, -0.15) is 4.99 Å². The average molecular weight is 198 g/mol. The van der Waals surface area contributed by atoms with Crippen LogP contribution in [0.4, 0.5) is 5.00 Å². The summed E-state index contributed by atoms with van der Waals surface area (Å²) in [6.07, 6.45) is 7.63. The summed E-state index contributed by atoms with van der Waals surface area (Å²) in [6, 6.07) is 4.02. The van der Waals surface area contributed by atoms with Gasteiger partial charge < -0.3 is 0 Å². The Morgan fingerprint density at radius 1 is 1.36 bits per heavy atom. The molecule has 3 rings (SSSR count). The van der Waals surface area contributed by atoms with Gasteiger partial charge in [-0.25, -0.2) is 4.98 Å². The van der Waals surface area contributed by atoms with Crippen molar-refractivity contribution in [1.29, 1.82) is 0 Å². The van der Waals surface area contributed by atoms with Gasteiger partial charge in [0.05, 0.1) is 0 Å². The summed E-state index contributed by atoms with van der Waals surface area (Å²) in [4.78, 5) is 9.57. The van der Waals surface area contributed by atoms with Crippen LogP contribution in [0.1, 0.15) is 5.56 Å². The smallest absolute Gasteiger partial charge is 0.135 e. The van der Waals surface area contributed by atoms with Crippen LogP contribution in [-0.2, 0) is 0 Å². The van der Waals surface area contributed by atoms with Crippen molar-refractivity contribution in [3.8, 4) is 0 Å². The molecule has 66 valence electrons. The van der Waals surface area contributed by atoms with Crippen molar-refractivity contribution in [3.05, 3.63) is 36.0 Å². The van der Waals surface area contributed by atoms with Crippen LogP contribution in [0, 0.1) is 0 Å². The molecule has 0 radical (unpaired) electrons. The largest absolute Gasteiger partial charge is 0.245 e. The molecule has 1 aliphatic heterocycles. The molecule has 1 aliphatic rings. The second kappa shape index (κ2) is 2.91. The fourth-order valence-corrected chi connectivity index (χ4v) is 2.44. The zero-order valence-electron chi connectivity index (χ0n) is 7.27. The van der Waals surface area contributed by atoms with E-state index in [1.165, 1.54) is 5.39 Å². The summed E-state index contributed by atoms with van der Waals surface area (Å²) < 4.78 is 0. The van der Waals surface area contributed by atoms with Crippen LogP contribution >= 0.6 is 11.3 Å². The van der Waals surface area contributed by atoms with E-state index < -0.39 is 0 Å². The van der Waals surface area contributed by atoms with Gasteiger partial charge in [0.2, 0.25) is 0 Å². The van der Waals surface area contributed by atoms with Gasteiger partial charge in [0, 0.05) is 17.1 Å². The van der Waals surface area contributed by atoms with Crippen molar-refractivity contribution >= 4 is 38.5 Å². The second-order valence-corrected chi connectivity index (χ2v) is 3.92. The third kappa shape index (κ3) is 1.04. The first kappa shape index (κ1) is 7.68. The summed E-state index contributed by atoms with van der Waals surface area (Å²) in [7, 11) is 0. The molecular weight excluding hydrogens is 192 g/mol. The van der Waals surface area contributed by atoms with E-state index in [1.807, 2.05) is 18.2 Å². The molecule has 0 fully saturated rings. The standard InChI is InChI=1S/C11H6N2S/c1-2-6-12-10-8(4-1)9-5-3-7-13-11(9)14-10/h1-5,7H. The SMILES string of the molecule is C1=CC=Cc2c(sc3ncccc23)N=1. The number of aliphatic imine (C=N–C) groups is 1. The van der Waals surface area contributed by atoms with Crippen molar-refractivity contribution in [2.75, 3.05) is 0 Å². The topological polar surface area (TPSA) is 25.2 Å². The summed E-state index contributed by atoms with van der Waals surface area (Å²) in [5.74, 6) is 2.86. The molecule has 0 spiro atoms. The van der Waals surface area contributed by atoms with Gasteiger partial charge in [0.25, 0.3) is 0 Å². The summed E-state index contributed by atoms with van der Waals surface area (Å²) in [6.45, 7) is 0. The molecule has 3 heterocycles. The minimum Gasteiger partial charge on any atom is -0.245 e. The van der Waals surface area contributed by atoms with Gasteiger partial charge in [-0.05, 0) is 24.1 Å². The van der Waals surface area contributed by atoms with Crippen LogP contribution < -0.4 is 0 Å². The molecule has 2 aromatic rings. The van der Waals surface area contributed by atoms with Gasteiger partial charge in [0.15, 0.2) is 0 Å². The fraction of sp³-hybridized carbons (Fsp3) is 0. The first-order valence-corrected chi connectivity index (χ1v) is 5.10. The van der Waals surface area contributed by atoms with E-state index in [1.54, 1.807) is 17.5 Å². The number of nitrogens with zero attached hydrogens (tertiary/aromatic N) is 2. The highest BCUT2D eigenvalue weighted by molar-refractivity contribution is 7.22. The van der Waals surface area contributed by atoms with Crippen LogP contribution in [0.25, 0.3) is 16.3 Å². The van der Waals surface area contributed by atoms with Gasteiger partial charge in [-0.3, -0.25) is 0 Å². The quantitative estimate of drug-likeness (QED) is 0.638. The summed E-state index contributed by atoms with van der Waals surface area (Å²) in [5, 5.41) is 2.16. The molecule has 0 saturated carbocycles. The van der Waals surface area contributed by atoms with Crippen molar-refractivity contribution < 1.29 is 0 Å². The maximum Gasteiger partial charge on any atom is 0.135 e. The van der Waals surface area contributed by atoms with E-state index in [-0.39, 0.29) is 0 Å². The number of hydrogen-bond donors (Lipinski definition) is 0. The predicted octanol–water partition coefficient (Wildman–Crippen LogP) is 3.18. The summed E-state index contributed by atoms with van der Waals surface area (Å²) >= 11 is 1.60. The van der Waals surface area contributed by atoms with Crippen LogP contribution in [0.15, 0.2) is 35.5 Å². The van der Waals surface area contributed by atoms with Crippen LogP contribution in [-0.4, -0.2) is 10.9 Å². The van der Waals surface area contributed by atoms with Crippen molar-refractivity contribution in [3.63, 3.8) is 0 Å². The molecule has 0 N–H and O–H groups in total. The molecular formula is C11H6N2S. The number of thiophene rings is 1. The van der Waals surface area contributed by atoms with E-state index in [0.29, 0.717) is 0 Å². The molecule has 0 unspecified atom stereocenters. The first-order chi connectivity index (χ1) is 6.95. The Morgan fingerprint density at radius 3 is 3.36 bits per heavy atom. The minimum absolute atomic E-state index is 0.990. The third-order valence-corrected chi connectivity index (χ3v) is 3.11. The number of aromatic nitrogens is 1. The lowest BCUT2D eigenvalue weighted by molar-refractivity contribution is 1.45. The van der Waals surface area contributed by atoms with Gasteiger partial charge in [0.1, 0.15) is 9.83 Å². The van der Waals surface area contributed by atoms with Crippen molar-refractivity contribution in [2.45, 2.75) is 0 Å². The molecule has 0 amide bonds. The lowest BCUT2D eigenvalue weighted by atomic mass is 10.2. The Bertz CT molecular complexity index is 586. The molecule has 3 heteroatoms. The first-order valence-electron chi connectivity index (χ1n) is 4.29. The zero-order valence-corrected chi connectivity index (χ0v) is 8.08. The maximum atomic E-state index is 4.30. The Hall–Kier alpha value is -1.70. The monoisotopic (exact) mass is 198 g/mol. The number of fused-ring (bicyclic) bond motifs is 3. The highest BCUT2D eigenvalue weighted by Gasteiger charge is 2.09. The zero-order chi connectivity index (χ0) is 9.38.